The molecule has 1 aromatic heterocycles. The Kier molecular flexibility index (Phi) is 10.9. The van der Waals surface area contributed by atoms with Gasteiger partial charge in [0.15, 0.2) is 23.3 Å². The normalized spacial score (nSPS) is 12.4. The first-order chi connectivity index (χ1) is 13.1. The Balaban J connectivity index is 0.00000392. The molecule has 8 heteroatoms. The van der Waals surface area contributed by atoms with E-state index in [-0.39, 0.29) is 41.6 Å². The van der Waals surface area contributed by atoms with Gasteiger partial charge in [0.25, 0.3) is 0 Å². The van der Waals surface area contributed by atoms with Crippen molar-refractivity contribution in [1.29, 1.82) is 0 Å². The number of hydrogen-bond acceptors (Lipinski definition) is 4. The van der Waals surface area contributed by atoms with Crippen LogP contribution in [0.25, 0.3) is 0 Å². The fraction of sp³-hybridized carbons (Fsp3) is 0.500. The van der Waals surface area contributed by atoms with Crippen LogP contribution in [0.2, 0.25) is 0 Å². The Labute approximate surface area is 183 Å². The fourth-order valence-corrected chi connectivity index (χ4v) is 2.74. The molecule has 0 radical (unpaired) electrons. The van der Waals surface area contributed by atoms with Gasteiger partial charge in [0, 0.05) is 19.0 Å². The zero-order chi connectivity index (χ0) is 19.6. The number of benzene rings is 1. The van der Waals surface area contributed by atoms with Crippen LogP contribution in [0.5, 0.6) is 5.75 Å². The molecule has 0 saturated heterocycles. The Hall–Kier alpha value is -1.84. The van der Waals surface area contributed by atoms with Crippen LogP contribution in [0.1, 0.15) is 51.0 Å². The first-order valence-corrected chi connectivity index (χ1v) is 9.38. The number of rotatable bonds is 9. The molecule has 1 unspecified atom stereocenters. The highest BCUT2D eigenvalue weighted by atomic mass is 127. The Morgan fingerprint density at radius 2 is 1.96 bits per heavy atom. The smallest absolute Gasteiger partial charge is 0.191 e. The minimum Gasteiger partial charge on any atom is -0.486 e. The maximum absolute atomic E-state index is 13.6. The van der Waals surface area contributed by atoms with Gasteiger partial charge in [-0.05, 0) is 31.9 Å². The van der Waals surface area contributed by atoms with Crippen LogP contribution >= 0.6 is 24.0 Å². The van der Waals surface area contributed by atoms with Crippen molar-refractivity contribution in [3.63, 3.8) is 0 Å². The molecule has 2 N–H and O–H groups in total. The lowest BCUT2D eigenvalue weighted by Gasteiger charge is -2.17. The van der Waals surface area contributed by atoms with Gasteiger partial charge in [-0.25, -0.2) is 4.39 Å². The highest BCUT2D eigenvalue weighted by Crippen LogP contribution is 2.22. The van der Waals surface area contributed by atoms with E-state index in [1.807, 2.05) is 13.0 Å². The summed E-state index contributed by atoms with van der Waals surface area (Å²) in [6.45, 7) is 7.12. The summed E-state index contributed by atoms with van der Waals surface area (Å²) in [6.07, 6.45) is 1.85. The first kappa shape index (κ1) is 24.2. The zero-order valence-corrected chi connectivity index (χ0v) is 19.2. The molecule has 1 aromatic carbocycles. The summed E-state index contributed by atoms with van der Waals surface area (Å²) in [5.41, 5.74) is 0.992. The number of nitrogens with one attached hydrogen (secondary N) is 2. The van der Waals surface area contributed by atoms with E-state index < -0.39 is 0 Å². The van der Waals surface area contributed by atoms with E-state index in [4.69, 9.17) is 9.26 Å². The maximum atomic E-state index is 13.6. The lowest BCUT2D eigenvalue weighted by atomic mass is 9.99. The second kappa shape index (κ2) is 12.6. The van der Waals surface area contributed by atoms with Crippen molar-refractivity contribution >= 4 is 29.9 Å². The molecule has 0 aliphatic rings. The minimum atomic E-state index is -0.370. The van der Waals surface area contributed by atoms with Crippen molar-refractivity contribution in [2.75, 3.05) is 13.6 Å². The topological polar surface area (TPSA) is 71.7 Å². The number of guanidine groups is 1. The van der Waals surface area contributed by atoms with Crippen molar-refractivity contribution in [1.82, 2.24) is 15.8 Å². The predicted octanol–water partition coefficient (Wildman–Crippen LogP) is 4.47. The maximum Gasteiger partial charge on any atom is 0.191 e. The lowest BCUT2D eigenvalue weighted by Crippen LogP contribution is -2.41. The van der Waals surface area contributed by atoms with Crippen LogP contribution in [0.15, 0.2) is 39.8 Å². The van der Waals surface area contributed by atoms with Gasteiger partial charge in [-0.15, -0.1) is 24.0 Å². The van der Waals surface area contributed by atoms with Crippen molar-refractivity contribution in [2.45, 2.75) is 52.2 Å². The standard InChI is InChI=1S/C20H29FN4O2.HI/c1-5-15(6-2)18-11-16(27-25-18)13-24-20(22-4)23-12-14(3)26-19-10-8-7-9-17(19)21;/h7-11,14-15H,5-6,12-13H2,1-4H3,(H2,22,23,24);1H. The minimum absolute atomic E-state index is 0. The Morgan fingerprint density at radius 1 is 1.25 bits per heavy atom. The van der Waals surface area contributed by atoms with Gasteiger partial charge in [0.1, 0.15) is 6.10 Å². The molecule has 2 rings (SSSR count). The largest absolute Gasteiger partial charge is 0.486 e. The van der Waals surface area contributed by atoms with Gasteiger partial charge in [-0.1, -0.05) is 31.1 Å². The van der Waals surface area contributed by atoms with E-state index in [2.05, 4.69) is 34.6 Å². The average Bonchev–Trinajstić information content (AvgIpc) is 3.13. The molecular formula is C20H30FIN4O2. The molecule has 0 fully saturated rings. The molecule has 0 bridgehead atoms. The van der Waals surface area contributed by atoms with E-state index in [9.17, 15) is 4.39 Å². The van der Waals surface area contributed by atoms with Crippen LogP contribution in [0.4, 0.5) is 4.39 Å². The predicted molar refractivity (Wildman–Crippen MR) is 120 cm³/mol. The van der Waals surface area contributed by atoms with Gasteiger partial charge in [0.05, 0.1) is 18.8 Å². The molecule has 0 saturated carbocycles. The van der Waals surface area contributed by atoms with Gasteiger partial charge in [0.2, 0.25) is 0 Å². The van der Waals surface area contributed by atoms with Crippen LogP contribution in [0.3, 0.4) is 0 Å². The molecule has 0 aliphatic carbocycles. The van der Waals surface area contributed by atoms with Gasteiger partial charge < -0.3 is 19.9 Å². The van der Waals surface area contributed by atoms with E-state index in [0.29, 0.717) is 25.0 Å². The van der Waals surface area contributed by atoms with E-state index in [1.165, 1.54) is 6.07 Å². The van der Waals surface area contributed by atoms with Crippen LogP contribution < -0.4 is 15.4 Å². The molecular weight excluding hydrogens is 474 g/mol. The molecule has 0 spiro atoms. The van der Waals surface area contributed by atoms with Crippen molar-refractivity contribution in [2.24, 2.45) is 4.99 Å². The molecule has 6 nitrogen and oxygen atoms in total. The molecule has 0 amide bonds. The van der Waals surface area contributed by atoms with E-state index in [0.717, 1.165) is 24.3 Å². The third-order valence-electron chi connectivity index (χ3n) is 4.36. The molecule has 0 aliphatic heterocycles. The van der Waals surface area contributed by atoms with Gasteiger partial charge >= 0.3 is 0 Å². The van der Waals surface area contributed by atoms with Gasteiger partial charge in [-0.2, -0.15) is 0 Å². The number of aromatic nitrogens is 1. The van der Waals surface area contributed by atoms with Crippen molar-refractivity contribution in [3.05, 3.63) is 47.6 Å². The second-order valence-electron chi connectivity index (χ2n) is 6.40. The molecule has 28 heavy (non-hydrogen) atoms. The highest BCUT2D eigenvalue weighted by molar-refractivity contribution is 14.0. The summed E-state index contributed by atoms with van der Waals surface area (Å²) >= 11 is 0. The molecule has 2 aromatic rings. The third-order valence-corrected chi connectivity index (χ3v) is 4.36. The second-order valence-corrected chi connectivity index (χ2v) is 6.40. The number of hydrogen-bond donors (Lipinski definition) is 2. The third kappa shape index (κ3) is 7.29. The highest BCUT2D eigenvalue weighted by Gasteiger charge is 2.13. The number of halogens is 2. The number of aliphatic imine (C=N–C) groups is 1. The van der Waals surface area contributed by atoms with Crippen LogP contribution in [-0.4, -0.2) is 30.8 Å². The SMILES string of the molecule is CCC(CC)c1cc(CNC(=NC)NCC(C)Oc2ccccc2F)on1.I. The monoisotopic (exact) mass is 504 g/mol. The lowest BCUT2D eigenvalue weighted by molar-refractivity contribution is 0.214. The summed E-state index contributed by atoms with van der Waals surface area (Å²) in [6, 6.07) is 8.35. The number of para-hydroxylation sites is 1. The van der Waals surface area contributed by atoms with Crippen molar-refractivity contribution < 1.29 is 13.7 Å². The summed E-state index contributed by atoms with van der Waals surface area (Å²) in [4.78, 5) is 4.18. The molecule has 1 atom stereocenters. The average molecular weight is 504 g/mol. The van der Waals surface area contributed by atoms with Crippen LogP contribution in [-0.2, 0) is 6.54 Å². The fourth-order valence-electron chi connectivity index (χ4n) is 2.74. The van der Waals surface area contributed by atoms with Gasteiger partial charge in [-0.3, -0.25) is 4.99 Å². The van der Waals surface area contributed by atoms with E-state index in [1.54, 1.807) is 25.2 Å². The quantitative estimate of drug-likeness (QED) is 0.300. The molecule has 1 heterocycles. The summed E-state index contributed by atoms with van der Waals surface area (Å²) < 4.78 is 24.6. The summed E-state index contributed by atoms with van der Waals surface area (Å²) in [5.74, 6) is 1.67. The number of ether oxygens (including phenoxy) is 1. The zero-order valence-electron chi connectivity index (χ0n) is 16.9. The van der Waals surface area contributed by atoms with Crippen LogP contribution in [0, 0.1) is 5.82 Å². The first-order valence-electron chi connectivity index (χ1n) is 9.38. The molecule has 156 valence electrons. The Bertz CT molecular complexity index is 735. The Morgan fingerprint density at radius 3 is 2.61 bits per heavy atom. The number of nitrogens with zero attached hydrogens (tertiary/aromatic N) is 2. The summed E-state index contributed by atoms with van der Waals surface area (Å²) in [5, 5.41) is 10.5. The van der Waals surface area contributed by atoms with Crippen molar-refractivity contribution in [3.8, 4) is 5.75 Å². The summed E-state index contributed by atoms with van der Waals surface area (Å²) in [7, 11) is 1.69. The van der Waals surface area contributed by atoms with E-state index >= 15 is 0 Å².